The molecule has 0 unspecified atom stereocenters. The van der Waals surface area contributed by atoms with E-state index in [0.29, 0.717) is 18.0 Å². The zero-order valence-corrected chi connectivity index (χ0v) is 34.7. The van der Waals surface area contributed by atoms with E-state index in [1.165, 1.54) is 5.56 Å². The van der Waals surface area contributed by atoms with Crippen molar-refractivity contribution < 1.29 is 97.1 Å². The lowest BCUT2D eigenvalue weighted by atomic mass is 9.12. The molecular formula is C46H17BF20N4O. The van der Waals surface area contributed by atoms with E-state index in [4.69, 9.17) is 10.3 Å². The van der Waals surface area contributed by atoms with Crippen LogP contribution in [0.5, 0.6) is 11.6 Å². The number of azide groups is 1. The molecule has 0 radical (unpaired) electrons. The Hall–Kier alpha value is -8.28. The summed E-state index contributed by atoms with van der Waals surface area (Å²) in [6.45, 7) is 0.692. The number of nitrogens with zero attached hydrogens (tertiary/aromatic N) is 4. The van der Waals surface area contributed by atoms with E-state index in [1.807, 2.05) is 54.7 Å². The minimum Gasteiger partial charge on any atom is -0.405 e. The Bertz CT molecular complexity index is 3180. The first-order valence-corrected chi connectivity index (χ1v) is 19.5. The maximum atomic E-state index is 15.4. The molecule has 72 heavy (non-hydrogen) atoms. The minimum absolute atomic E-state index is 0.518. The molecule has 5 nitrogen and oxygen atoms in total. The molecule has 26 heteroatoms. The Morgan fingerprint density at radius 2 is 0.778 bits per heavy atom. The fraction of sp³-hybridized carbons (Fsp3) is 0.0217. The standard InChI is InChI=1S/C24BF20.C22H17N4O/c26-5-1(6(27)14(35)21(42)13(5)34)25(2-7(28)15(36)22(43)16(37)8(2)29,3-9(30)17(38)23(44)18(39)10(3)31)4-11(32)19(40)24(45)20(41)12(4)33;23-25-24-19-10-6-11-20(15-19)27-22-21-12-5-4-9-18(21)13-14-26(22)16-17-7-2-1-3-8-17/h;1-15H,16H2/q-1;+1. The van der Waals surface area contributed by atoms with Gasteiger partial charge in [-0.2, -0.15) is 4.57 Å². The molecule has 0 saturated heterocycles. The van der Waals surface area contributed by atoms with Gasteiger partial charge in [0.25, 0.3) is 0 Å². The summed E-state index contributed by atoms with van der Waals surface area (Å²) in [5, 5.41) is 5.77. The molecule has 0 fully saturated rings. The molecular weight excluding hydrogens is 1020 g/mol. The maximum Gasteiger partial charge on any atom is 0.381 e. The second kappa shape index (κ2) is 19.8. The quantitative estimate of drug-likeness (QED) is 0.0208. The monoisotopic (exact) mass is 1030 g/mol. The summed E-state index contributed by atoms with van der Waals surface area (Å²) in [4.78, 5) is 2.84. The summed E-state index contributed by atoms with van der Waals surface area (Å²) in [5.41, 5.74) is -3.96. The number of fused-ring (bicyclic) bond motifs is 1. The van der Waals surface area contributed by atoms with Gasteiger partial charge < -0.3 is 4.74 Å². The fourth-order valence-electron chi connectivity index (χ4n) is 7.89. The third-order valence-electron chi connectivity index (χ3n) is 11.0. The van der Waals surface area contributed by atoms with Gasteiger partial charge >= 0.3 is 5.88 Å². The topological polar surface area (TPSA) is 61.9 Å². The van der Waals surface area contributed by atoms with Crippen molar-refractivity contribution in [1.29, 1.82) is 0 Å². The highest BCUT2D eigenvalue weighted by molar-refractivity contribution is 7.20. The van der Waals surface area contributed by atoms with Gasteiger partial charge in [0.15, 0.2) is 82.5 Å². The van der Waals surface area contributed by atoms with E-state index >= 15 is 35.1 Å². The molecule has 0 aliphatic rings. The molecule has 0 aliphatic carbocycles. The van der Waals surface area contributed by atoms with Crippen LogP contribution in [0.3, 0.4) is 0 Å². The number of hydrogen-bond donors (Lipinski definition) is 0. The number of aromatic nitrogens is 1. The maximum absolute atomic E-state index is 15.4. The molecule has 1 aromatic heterocycles. The molecule has 8 rings (SSSR count). The molecule has 7 aromatic carbocycles. The van der Waals surface area contributed by atoms with Gasteiger partial charge in [-0.3, -0.25) is 0 Å². The van der Waals surface area contributed by atoms with Gasteiger partial charge in [0.1, 0.15) is 58.4 Å². The smallest absolute Gasteiger partial charge is 0.381 e. The van der Waals surface area contributed by atoms with Crippen LogP contribution in [0.1, 0.15) is 5.56 Å². The van der Waals surface area contributed by atoms with Gasteiger partial charge in [0.2, 0.25) is 0 Å². The van der Waals surface area contributed by atoms with Crippen molar-refractivity contribution in [3.05, 3.63) is 223 Å². The predicted molar refractivity (Wildman–Crippen MR) is 214 cm³/mol. The van der Waals surface area contributed by atoms with Crippen LogP contribution in [0.15, 0.2) is 96.2 Å². The highest BCUT2D eigenvalue weighted by Gasteiger charge is 2.52. The normalized spacial score (nSPS) is 11.4. The Kier molecular flexibility index (Phi) is 14.2. The summed E-state index contributed by atoms with van der Waals surface area (Å²) in [5.74, 6) is -70.0. The van der Waals surface area contributed by atoms with Crippen LogP contribution in [-0.2, 0) is 6.54 Å². The number of halogens is 20. The van der Waals surface area contributed by atoms with Gasteiger partial charge in [0.05, 0.1) is 5.39 Å². The van der Waals surface area contributed by atoms with Crippen molar-refractivity contribution >= 4 is 44.5 Å². The lowest BCUT2D eigenvalue weighted by Gasteiger charge is -2.44. The Morgan fingerprint density at radius 3 is 1.17 bits per heavy atom. The van der Waals surface area contributed by atoms with Crippen LogP contribution >= 0.6 is 0 Å². The molecule has 370 valence electrons. The van der Waals surface area contributed by atoms with E-state index in [9.17, 15) is 52.7 Å². The number of benzene rings is 7. The first kappa shape index (κ1) is 51.6. The van der Waals surface area contributed by atoms with Crippen LogP contribution in [0.25, 0.3) is 21.2 Å². The van der Waals surface area contributed by atoms with Crippen molar-refractivity contribution in [3.8, 4) is 11.6 Å². The zero-order chi connectivity index (χ0) is 52.8. The van der Waals surface area contributed by atoms with Crippen LogP contribution in [0, 0.1) is 116 Å². The fourth-order valence-corrected chi connectivity index (χ4v) is 7.89. The molecule has 0 spiro atoms. The van der Waals surface area contributed by atoms with E-state index in [-0.39, 0.29) is 0 Å². The van der Waals surface area contributed by atoms with E-state index < -0.39 is 144 Å². The van der Waals surface area contributed by atoms with Crippen LogP contribution in [0.4, 0.5) is 93.5 Å². The molecule has 8 aromatic rings. The lowest BCUT2D eigenvalue weighted by Crippen LogP contribution is -2.81. The number of rotatable bonds is 9. The Morgan fingerprint density at radius 1 is 0.417 bits per heavy atom. The SMILES string of the molecule is Fc1c(F)c(F)c([B-](c2c(F)c(F)c(F)c(F)c2F)(c2c(F)c(F)c(F)c(F)c2F)c2c(F)c(F)c(F)c(F)c2F)c(F)c1F.[N-]=[N+]=Nc1cccc(Oc2c3ccccc3cc[n+]2Cc2ccccc2)c1. The van der Waals surface area contributed by atoms with E-state index in [1.54, 1.807) is 12.1 Å². The number of pyridine rings is 1. The molecule has 1 heterocycles. The first-order valence-electron chi connectivity index (χ1n) is 19.5. The minimum atomic E-state index is -7.22. The average Bonchev–Trinajstić information content (AvgIpc) is 3.37. The highest BCUT2D eigenvalue weighted by atomic mass is 19.2. The Labute approximate surface area is 387 Å². The highest BCUT2D eigenvalue weighted by Crippen LogP contribution is 2.32. The van der Waals surface area contributed by atoms with Crippen LogP contribution in [-0.4, -0.2) is 6.15 Å². The van der Waals surface area contributed by atoms with Gasteiger partial charge in [-0.1, -0.05) is 65.8 Å². The first-order chi connectivity index (χ1) is 34.0. The lowest BCUT2D eigenvalue weighted by molar-refractivity contribution is -0.691. The summed E-state index contributed by atoms with van der Waals surface area (Å²) < 4.78 is 302. The van der Waals surface area contributed by atoms with Crippen molar-refractivity contribution in [2.45, 2.75) is 6.54 Å². The van der Waals surface area contributed by atoms with Gasteiger partial charge in [-0.05, 0) is 29.1 Å². The zero-order valence-electron chi connectivity index (χ0n) is 34.7. The summed E-state index contributed by atoms with van der Waals surface area (Å²) in [7, 11) is 0. The van der Waals surface area contributed by atoms with Crippen molar-refractivity contribution in [1.82, 2.24) is 0 Å². The average molecular weight is 1030 g/mol. The van der Waals surface area contributed by atoms with Crippen molar-refractivity contribution in [2.24, 2.45) is 5.11 Å². The van der Waals surface area contributed by atoms with E-state index in [0.717, 1.165) is 16.7 Å². The summed E-state index contributed by atoms with van der Waals surface area (Å²) >= 11 is 0. The number of ether oxygens (including phenoxy) is 1. The molecule has 0 N–H and O–H groups in total. The second-order valence-corrected chi connectivity index (χ2v) is 14.9. The van der Waals surface area contributed by atoms with Crippen molar-refractivity contribution in [3.63, 3.8) is 0 Å². The molecule has 0 bridgehead atoms. The summed E-state index contributed by atoms with van der Waals surface area (Å²) in [6, 6.07) is 27.6. The predicted octanol–water partition coefficient (Wildman–Crippen LogP) is 11.8. The third kappa shape index (κ3) is 8.39. The largest absolute Gasteiger partial charge is 0.405 e. The molecule has 0 atom stereocenters. The van der Waals surface area contributed by atoms with Gasteiger partial charge in [-0.15, -0.1) is 21.9 Å². The molecule has 0 saturated carbocycles. The Balaban J connectivity index is 0.000000238. The van der Waals surface area contributed by atoms with Crippen molar-refractivity contribution in [2.75, 3.05) is 0 Å². The van der Waals surface area contributed by atoms with E-state index in [2.05, 4.69) is 38.9 Å². The van der Waals surface area contributed by atoms with Crippen LogP contribution in [0.2, 0.25) is 0 Å². The van der Waals surface area contributed by atoms with Gasteiger partial charge in [0, 0.05) is 22.2 Å². The summed E-state index contributed by atoms with van der Waals surface area (Å²) in [6.07, 6.45) is -5.19. The molecule has 0 amide bonds. The molecule has 0 aliphatic heterocycles. The van der Waals surface area contributed by atoms with Crippen LogP contribution < -0.4 is 31.2 Å². The van der Waals surface area contributed by atoms with Gasteiger partial charge in [-0.25, -0.2) is 87.8 Å². The number of hydrogen-bond acceptors (Lipinski definition) is 2. The third-order valence-corrected chi connectivity index (χ3v) is 11.0. The second-order valence-electron chi connectivity index (χ2n) is 14.9.